The smallest absolute Gasteiger partial charge is 0.355 e. The van der Waals surface area contributed by atoms with Gasteiger partial charge in [0.2, 0.25) is 5.13 Å². The Labute approximate surface area is 248 Å². The van der Waals surface area contributed by atoms with Crippen LogP contribution >= 0.6 is 11.3 Å². The maximum Gasteiger partial charge on any atom is 0.355 e. The van der Waals surface area contributed by atoms with E-state index in [4.69, 9.17) is 10.2 Å². The molecule has 0 amide bonds. The van der Waals surface area contributed by atoms with Crippen molar-refractivity contribution in [3.63, 3.8) is 0 Å². The van der Waals surface area contributed by atoms with E-state index < -0.39 is 27.7 Å². The molecule has 5 rings (SSSR count). The van der Waals surface area contributed by atoms with Gasteiger partial charge < -0.3 is 5.11 Å². The van der Waals surface area contributed by atoms with Gasteiger partial charge in [0.15, 0.2) is 5.69 Å². The lowest BCUT2D eigenvalue weighted by Gasteiger charge is -2.15. The average molecular weight is 611 g/mol. The van der Waals surface area contributed by atoms with Gasteiger partial charge in [-0.3, -0.25) is 9.35 Å². The van der Waals surface area contributed by atoms with Crippen LogP contribution in [0.3, 0.4) is 0 Å². The van der Waals surface area contributed by atoms with Crippen molar-refractivity contribution in [3.8, 4) is 28.2 Å². The highest BCUT2D eigenvalue weighted by Gasteiger charge is 2.29. The fraction of sp³-hybridized carbons (Fsp3) is 0.323. The van der Waals surface area contributed by atoms with Crippen molar-refractivity contribution >= 4 is 27.4 Å². The van der Waals surface area contributed by atoms with Crippen molar-refractivity contribution in [1.29, 1.82) is 0 Å². The molecule has 0 saturated heterocycles. The van der Waals surface area contributed by atoms with E-state index in [0.29, 0.717) is 34.3 Å². The predicted molar refractivity (Wildman–Crippen MR) is 161 cm³/mol. The number of halogens is 2. The van der Waals surface area contributed by atoms with Crippen LogP contribution in [0.15, 0.2) is 46.7 Å². The minimum atomic E-state index is -3.30. The van der Waals surface area contributed by atoms with Gasteiger partial charge in [-0.1, -0.05) is 17.9 Å². The fourth-order valence-corrected chi connectivity index (χ4v) is 6.21. The molecule has 2 aromatic heterocycles. The number of nitrogens with two attached hydrogens (primary N) is 1. The highest BCUT2D eigenvalue weighted by Crippen LogP contribution is 2.38. The number of carboxylic acid groups (broad SMARTS) is 1. The van der Waals surface area contributed by atoms with Gasteiger partial charge in [0.05, 0.1) is 21.8 Å². The average Bonchev–Trinajstić information content (AvgIpc) is 3.45. The first kappa shape index (κ1) is 29.8. The topological polar surface area (TPSA) is 111 Å². The molecule has 4 aromatic rings. The monoisotopic (exact) mass is 610 g/mol. The Kier molecular flexibility index (Phi) is 7.91. The molecule has 11 heteroatoms. The Morgan fingerprint density at radius 2 is 1.93 bits per heavy atom. The molecule has 1 aliphatic rings. The molecule has 1 saturated carbocycles. The van der Waals surface area contributed by atoms with Crippen molar-refractivity contribution in [1.82, 2.24) is 14.8 Å². The number of aromatic nitrogens is 3. The zero-order valence-electron chi connectivity index (χ0n) is 23.7. The van der Waals surface area contributed by atoms with Crippen LogP contribution in [0.5, 0.6) is 0 Å². The zero-order valence-corrected chi connectivity index (χ0v) is 25.5. The summed E-state index contributed by atoms with van der Waals surface area (Å²) in [4.78, 5) is 15.9. The molecule has 0 aliphatic heterocycles. The molecule has 0 spiro atoms. The van der Waals surface area contributed by atoms with Crippen LogP contribution in [-0.2, 0) is 23.0 Å². The van der Waals surface area contributed by atoms with Crippen molar-refractivity contribution in [2.45, 2.75) is 51.3 Å². The van der Waals surface area contributed by atoms with Crippen LogP contribution in [0.25, 0.3) is 16.4 Å². The second kappa shape index (κ2) is 11.2. The molecule has 2 aromatic carbocycles. The summed E-state index contributed by atoms with van der Waals surface area (Å²) in [5.41, 5.74) is 3.20. The third-order valence-corrected chi connectivity index (χ3v) is 8.98. The van der Waals surface area contributed by atoms with Crippen molar-refractivity contribution in [3.05, 3.63) is 81.5 Å². The molecule has 2 heterocycles. The lowest BCUT2D eigenvalue weighted by molar-refractivity contribution is 0.0691. The first-order valence-corrected chi connectivity index (χ1v) is 16.6. The number of carboxylic acids is 1. The molecule has 42 heavy (non-hydrogen) atoms. The van der Waals surface area contributed by atoms with Gasteiger partial charge in [-0.2, -0.15) is 5.10 Å². The number of carbonyl (C=O) groups is 1. The molecule has 0 radical (unpaired) electrons. The van der Waals surface area contributed by atoms with Crippen molar-refractivity contribution in [2.24, 2.45) is 16.5 Å². The minimum absolute atomic E-state index is 0.0232. The first-order valence-electron chi connectivity index (χ1n) is 13.5. The largest absolute Gasteiger partial charge is 0.476 e. The van der Waals surface area contributed by atoms with Crippen LogP contribution in [0, 0.1) is 34.8 Å². The van der Waals surface area contributed by atoms with Gasteiger partial charge in [0.25, 0.3) is 0 Å². The SMILES string of the molecule is CC(C)(C)C#Cc1cc(-c2nn(-c3nc(C(=O)O)cs3)c(CC3CC3)c2Cc2ccc([SH](C)(N)=O)c(F)c2)ccc1F. The molecule has 3 N–H and O–H groups in total. The second-order valence-electron chi connectivity index (χ2n) is 11.8. The summed E-state index contributed by atoms with van der Waals surface area (Å²) in [6.45, 7) is 5.83. The van der Waals surface area contributed by atoms with Gasteiger partial charge in [0.1, 0.15) is 11.6 Å². The molecule has 220 valence electrons. The summed E-state index contributed by atoms with van der Waals surface area (Å²) < 4.78 is 43.9. The minimum Gasteiger partial charge on any atom is -0.476 e. The quantitative estimate of drug-likeness (QED) is 0.173. The van der Waals surface area contributed by atoms with Gasteiger partial charge in [0, 0.05) is 34.6 Å². The Balaban J connectivity index is 1.70. The van der Waals surface area contributed by atoms with Crippen LogP contribution in [0.2, 0.25) is 0 Å². The van der Waals surface area contributed by atoms with Crippen LogP contribution in [0.4, 0.5) is 8.78 Å². The van der Waals surface area contributed by atoms with Gasteiger partial charge in [-0.15, -0.1) is 11.3 Å². The number of thiazole rings is 1. The summed E-state index contributed by atoms with van der Waals surface area (Å²) in [7, 11) is -3.30. The maximum atomic E-state index is 15.0. The van der Waals surface area contributed by atoms with Gasteiger partial charge >= 0.3 is 5.97 Å². The number of rotatable bonds is 8. The Bertz CT molecular complexity index is 1800. The van der Waals surface area contributed by atoms with E-state index in [-0.39, 0.29) is 28.0 Å². The van der Waals surface area contributed by atoms with E-state index in [2.05, 4.69) is 16.8 Å². The van der Waals surface area contributed by atoms with Crippen LogP contribution in [-0.4, -0.2) is 36.3 Å². The summed E-state index contributed by atoms with van der Waals surface area (Å²) in [6, 6.07) is 9.11. The standard InChI is InChI=1S/C31H32F2N4O3S2/c1-31(2,3)12-11-20-16-21(8-9-23(20)32)28-22(13-19-7-10-27(24(33)14-19)42(4,34)40)26(15-18-5-6-18)37(36-28)30-35-25(17-41-30)29(38)39/h7-10,14,16-18,42H,5-6,13,15H2,1-4H3,(H2,34,40)(H,38,39). The van der Waals surface area contributed by atoms with E-state index >= 15 is 4.39 Å². The molecule has 1 fully saturated rings. The molecular formula is C31H32F2N4O3S2. The Morgan fingerprint density at radius 3 is 2.52 bits per heavy atom. The molecule has 0 atom stereocenters. The number of aromatic carboxylic acids is 1. The van der Waals surface area contributed by atoms with Crippen molar-refractivity contribution < 1.29 is 22.9 Å². The molecule has 0 unspecified atom stereocenters. The maximum absolute atomic E-state index is 15.0. The van der Waals surface area contributed by atoms with Crippen molar-refractivity contribution in [2.75, 3.05) is 6.26 Å². The number of hydrogen-bond acceptors (Lipinski definition) is 5. The highest BCUT2D eigenvalue weighted by molar-refractivity contribution is 8.00. The van der Waals surface area contributed by atoms with Gasteiger partial charge in [-0.05, 0) is 92.0 Å². The third kappa shape index (κ3) is 6.67. The third-order valence-electron chi connectivity index (χ3n) is 6.84. The van der Waals surface area contributed by atoms with E-state index in [1.165, 1.54) is 29.8 Å². The van der Waals surface area contributed by atoms with E-state index in [1.807, 2.05) is 20.8 Å². The van der Waals surface area contributed by atoms with Gasteiger partial charge in [-0.25, -0.2) is 23.2 Å². The Morgan fingerprint density at radius 1 is 1.19 bits per heavy atom. The molecule has 0 bridgehead atoms. The van der Waals surface area contributed by atoms with E-state index in [0.717, 1.165) is 35.4 Å². The fourth-order valence-electron chi connectivity index (χ4n) is 4.57. The molecule has 1 aliphatic carbocycles. The van der Waals surface area contributed by atoms with Crippen LogP contribution < -0.4 is 5.14 Å². The number of nitrogens with zero attached hydrogens (tertiary/aromatic N) is 3. The summed E-state index contributed by atoms with van der Waals surface area (Å²) >= 11 is 1.16. The number of benzene rings is 2. The molecule has 7 nitrogen and oxygen atoms in total. The lowest BCUT2D eigenvalue weighted by Crippen LogP contribution is -2.22. The number of thiol groups is 1. The first-order chi connectivity index (χ1) is 19.7. The highest BCUT2D eigenvalue weighted by atomic mass is 32.3. The number of hydrogen-bond donors (Lipinski definition) is 3. The second-order valence-corrected chi connectivity index (χ2v) is 15.1. The van der Waals surface area contributed by atoms with Crippen LogP contribution in [0.1, 0.15) is 66.5 Å². The molecular weight excluding hydrogens is 578 g/mol. The summed E-state index contributed by atoms with van der Waals surface area (Å²) in [5, 5.41) is 22.0. The predicted octanol–water partition coefficient (Wildman–Crippen LogP) is 5.79. The van der Waals surface area contributed by atoms with E-state index in [1.54, 1.807) is 22.9 Å². The summed E-state index contributed by atoms with van der Waals surface area (Å²) in [6.07, 6.45) is 4.34. The van der Waals surface area contributed by atoms with E-state index in [9.17, 15) is 18.5 Å². The Hall–Kier alpha value is -3.72. The normalized spacial score (nSPS) is 14.0. The zero-order chi connectivity index (χ0) is 30.4. The lowest BCUT2D eigenvalue weighted by atomic mass is 9.95. The summed E-state index contributed by atoms with van der Waals surface area (Å²) in [5.74, 6) is 4.20.